The Bertz CT molecular complexity index is 407. The minimum atomic E-state index is 0.182. The van der Waals surface area contributed by atoms with Crippen molar-refractivity contribution >= 4 is 0 Å². The molecule has 3 N–H and O–H groups in total. The van der Waals surface area contributed by atoms with E-state index in [4.69, 9.17) is 10.5 Å². The number of hydrogen-bond donors (Lipinski definition) is 2. The summed E-state index contributed by atoms with van der Waals surface area (Å²) in [5.74, 6) is 0. The van der Waals surface area contributed by atoms with Crippen LogP contribution >= 0.6 is 0 Å². The summed E-state index contributed by atoms with van der Waals surface area (Å²) >= 11 is 0. The molecule has 17 heavy (non-hydrogen) atoms. The van der Waals surface area contributed by atoms with Crippen LogP contribution in [0.1, 0.15) is 43.0 Å². The first-order valence-corrected chi connectivity index (χ1v) is 6.48. The zero-order chi connectivity index (χ0) is 11.8. The van der Waals surface area contributed by atoms with E-state index in [1.54, 1.807) is 0 Å². The smallest absolute Gasteiger partial charge is 0.0700 e. The molecule has 1 aromatic rings. The monoisotopic (exact) mass is 232 g/mol. The average Bonchev–Trinajstić information content (AvgIpc) is 2.87. The Labute approximate surface area is 102 Å². The zero-order valence-electron chi connectivity index (χ0n) is 10.2. The first-order chi connectivity index (χ1) is 8.25. The molecule has 2 aliphatic rings. The minimum absolute atomic E-state index is 0.182. The van der Waals surface area contributed by atoms with Gasteiger partial charge in [0.1, 0.15) is 0 Å². The lowest BCUT2D eigenvalue weighted by Gasteiger charge is -2.22. The van der Waals surface area contributed by atoms with Gasteiger partial charge in [0.15, 0.2) is 0 Å². The second-order valence-electron chi connectivity index (χ2n) is 5.16. The topological polar surface area (TPSA) is 47.3 Å². The molecular weight excluding hydrogens is 212 g/mol. The van der Waals surface area contributed by atoms with Crippen LogP contribution in [-0.2, 0) is 4.74 Å². The van der Waals surface area contributed by atoms with E-state index in [1.165, 1.54) is 11.1 Å². The van der Waals surface area contributed by atoms with E-state index in [0.29, 0.717) is 18.2 Å². The maximum Gasteiger partial charge on any atom is 0.0700 e. The van der Waals surface area contributed by atoms with Crippen LogP contribution < -0.4 is 11.1 Å². The molecule has 0 aromatic heterocycles. The lowest BCUT2D eigenvalue weighted by Crippen LogP contribution is -2.37. The van der Waals surface area contributed by atoms with Crippen molar-refractivity contribution in [3.05, 3.63) is 35.4 Å². The highest BCUT2D eigenvalue weighted by molar-refractivity contribution is 5.37. The van der Waals surface area contributed by atoms with Crippen molar-refractivity contribution in [2.75, 3.05) is 6.61 Å². The van der Waals surface area contributed by atoms with Gasteiger partial charge >= 0.3 is 0 Å². The molecular formula is C14H20N2O. The van der Waals surface area contributed by atoms with Crippen molar-refractivity contribution in [1.29, 1.82) is 0 Å². The largest absolute Gasteiger partial charge is 0.377 e. The Morgan fingerprint density at radius 2 is 2.06 bits per heavy atom. The summed E-state index contributed by atoms with van der Waals surface area (Å²) in [6.45, 7) is 3.02. The molecule has 0 bridgehead atoms. The van der Waals surface area contributed by atoms with E-state index in [9.17, 15) is 0 Å². The van der Waals surface area contributed by atoms with Gasteiger partial charge < -0.3 is 15.8 Å². The maximum absolute atomic E-state index is 6.17. The summed E-state index contributed by atoms with van der Waals surface area (Å²) in [6.07, 6.45) is 2.43. The Morgan fingerprint density at radius 3 is 2.76 bits per heavy atom. The SMILES string of the molecule is CC1OCCC1NC1CC(N)c2ccccc21. The summed E-state index contributed by atoms with van der Waals surface area (Å²) in [4.78, 5) is 0. The molecule has 1 heterocycles. The molecule has 4 unspecified atom stereocenters. The van der Waals surface area contributed by atoms with Crippen molar-refractivity contribution < 1.29 is 4.74 Å². The Hall–Kier alpha value is -0.900. The fourth-order valence-corrected chi connectivity index (χ4v) is 3.04. The molecule has 92 valence electrons. The highest BCUT2D eigenvalue weighted by Crippen LogP contribution is 2.37. The number of hydrogen-bond acceptors (Lipinski definition) is 3. The molecule has 4 atom stereocenters. The van der Waals surface area contributed by atoms with Gasteiger partial charge in [-0.15, -0.1) is 0 Å². The highest BCUT2D eigenvalue weighted by atomic mass is 16.5. The maximum atomic E-state index is 6.17. The predicted molar refractivity (Wildman–Crippen MR) is 67.7 cm³/mol. The number of nitrogens with one attached hydrogen (secondary N) is 1. The normalized spacial score (nSPS) is 36.1. The van der Waals surface area contributed by atoms with Gasteiger partial charge in [-0.1, -0.05) is 24.3 Å². The molecule has 1 aliphatic heterocycles. The van der Waals surface area contributed by atoms with Crippen LogP contribution in [0.25, 0.3) is 0 Å². The molecule has 0 amide bonds. The Balaban J connectivity index is 1.77. The molecule has 0 radical (unpaired) electrons. The highest BCUT2D eigenvalue weighted by Gasteiger charge is 2.32. The van der Waals surface area contributed by atoms with Gasteiger partial charge in [0, 0.05) is 24.7 Å². The summed E-state index contributed by atoms with van der Waals surface area (Å²) in [5, 5.41) is 3.71. The number of fused-ring (bicyclic) bond motifs is 1. The van der Waals surface area contributed by atoms with Crippen molar-refractivity contribution in [3.63, 3.8) is 0 Å². The molecule has 1 aromatic carbocycles. The molecule has 3 rings (SSSR count). The molecule has 1 saturated heterocycles. The molecule has 3 nitrogen and oxygen atoms in total. The summed E-state index contributed by atoms with van der Waals surface area (Å²) in [7, 11) is 0. The minimum Gasteiger partial charge on any atom is -0.377 e. The molecule has 1 fully saturated rings. The number of rotatable bonds is 2. The average molecular weight is 232 g/mol. The standard InChI is InChI=1S/C14H20N2O/c1-9-13(6-7-17-9)16-14-8-12(15)10-4-2-3-5-11(10)14/h2-5,9,12-14,16H,6-8,15H2,1H3. The first-order valence-electron chi connectivity index (χ1n) is 6.48. The fourth-order valence-electron chi connectivity index (χ4n) is 3.04. The van der Waals surface area contributed by atoms with Crippen LogP contribution in [0, 0.1) is 0 Å². The summed E-state index contributed by atoms with van der Waals surface area (Å²) in [6, 6.07) is 9.56. The first kappa shape index (κ1) is 11.2. The van der Waals surface area contributed by atoms with Crippen molar-refractivity contribution in [2.45, 2.75) is 44.0 Å². The summed E-state index contributed by atoms with van der Waals surface area (Å²) < 4.78 is 5.60. The van der Waals surface area contributed by atoms with E-state index in [1.807, 2.05) is 0 Å². The van der Waals surface area contributed by atoms with E-state index < -0.39 is 0 Å². The Kier molecular flexibility index (Phi) is 2.90. The van der Waals surface area contributed by atoms with E-state index in [-0.39, 0.29) is 6.04 Å². The number of benzene rings is 1. The van der Waals surface area contributed by atoms with Crippen LogP contribution in [0.5, 0.6) is 0 Å². The van der Waals surface area contributed by atoms with Gasteiger partial charge in [-0.3, -0.25) is 0 Å². The van der Waals surface area contributed by atoms with E-state index >= 15 is 0 Å². The van der Waals surface area contributed by atoms with Crippen LogP contribution in [0.15, 0.2) is 24.3 Å². The fraction of sp³-hybridized carbons (Fsp3) is 0.571. The molecule has 0 spiro atoms. The van der Waals surface area contributed by atoms with Gasteiger partial charge in [-0.2, -0.15) is 0 Å². The molecule has 1 aliphatic carbocycles. The Morgan fingerprint density at radius 1 is 1.29 bits per heavy atom. The second-order valence-corrected chi connectivity index (χ2v) is 5.16. The van der Waals surface area contributed by atoms with Crippen LogP contribution in [-0.4, -0.2) is 18.8 Å². The van der Waals surface area contributed by atoms with E-state index in [2.05, 4.69) is 36.5 Å². The second kappa shape index (κ2) is 4.41. The predicted octanol–water partition coefficient (Wildman–Crippen LogP) is 1.90. The third-order valence-electron chi connectivity index (χ3n) is 4.05. The van der Waals surface area contributed by atoms with Crippen LogP contribution in [0.4, 0.5) is 0 Å². The third-order valence-corrected chi connectivity index (χ3v) is 4.05. The summed E-state index contributed by atoms with van der Waals surface area (Å²) in [5.41, 5.74) is 8.85. The van der Waals surface area contributed by atoms with Gasteiger partial charge in [0.2, 0.25) is 0 Å². The van der Waals surface area contributed by atoms with Crippen LogP contribution in [0.3, 0.4) is 0 Å². The van der Waals surface area contributed by atoms with Crippen molar-refractivity contribution in [1.82, 2.24) is 5.32 Å². The van der Waals surface area contributed by atoms with Gasteiger partial charge in [-0.05, 0) is 30.9 Å². The number of ether oxygens (including phenoxy) is 1. The van der Waals surface area contributed by atoms with Crippen molar-refractivity contribution in [3.8, 4) is 0 Å². The third kappa shape index (κ3) is 1.99. The quantitative estimate of drug-likeness (QED) is 0.818. The number of nitrogens with two attached hydrogens (primary N) is 1. The van der Waals surface area contributed by atoms with Gasteiger partial charge in [-0.25, -0.2) is 0 Å². The molecule has 3 heteroatoms. The molecule has 0 saturated carbocycles. The van der Waals surface area contributed by atoms with Crippen LogP contribution in [0.2, 0.25) is 0 Å². The van der Waals surface area contributed by atoms with Crippen molar-refractivity contribution in [2.24, 2.45) is 5.73 Å². The lowest BCUT2D eigenvalue weighted by molar-refractivity contribution is 0.110. The van der Waals surface area contributed by atoms with Gasteiger partial charge in [0.05, 0.1) is 6.10 Å². The zero-order valence-corrected chi connectivity index (χ0v) is 10.2. The van der Waals surface area contributed by atoms with E-state index in [0.717, 1.165) is 19.4 Å². The van der Waals surface area contributed by atoms with Gasteiger partial charge in [0.25, 0.3) is 0 Å². The lowest BCUT2D eigenvalue weighted by atomic mass is 10.1.